The number of rotatable bonds is 19. The molecule has 6 aromatic rings. The monoisotopic (exact) mass is 773 g/mol. The number of nitrogens with one attached hydrogen (secondary N) is 1. The zero-order chi connectivity index (χ0) is 40.8. The number of hydrogen-bond acceptors (Lipinski definition) is 5. The fourth-order valence-corrected chi connectivity index (χ4v) is 7.00. The molecule has 0 aliphatic carbocycles. The maximum atomic E-state index is 8.91. The van der Waals surface area contributed by atoms with Gasteiger partial charge in [0.15, 0.2) is 0 Å². The minimum atomic E-state index is 0.151. The number of anilines is 1. The molecule has 0 amide bonds. The highest BCUT2D eigenvalue weighted by atomic mass is 16.5. The van der Waals surface area contributed by atoms with Crippen LogP contribution in [0, 0.1) is 0 Å². The average molecular weight is 774 g/mol. The van der Waals surface area contributed by atoms with Crippen molar-refractivity contribution in [3.05, 3.63) is 208 Å². The molecule has 0 aromatic heterocycles. The van der Waals surface area contributed by atoms with Crippen LogP contribution in [0.2, 0.25) is 0 Å². The van der Waals surface area contributed by atoms with Crippen molar-refractivity contribution in [1.82, 2.24) is 0 Å². The van der Waals surface area contributed by atoms with Gasteiger partial charge in [-0.25, -0.2) is 0 Å². The van der Waals surface area contributed by atoms with E-state index in [9.17, 15) is 0 Å². The Morgan fingerprint density at radius 3 is 1.36 bits per heavy atom. The van der Waals surface area contributed by atoms with Crippen molar-refractivity contribution in [3.8, 4) is 11.5 Å². The first-order valence-electron chi connectivity index (χ1n) is 20.5. The molecule has 0 aliphatic heterocycles. The normalized spacial score (nSPS) is 11.7. The van der Waals surface area contributed by atoms with Gasteiger partial charge in [0.2, 0.25) is 0 Å². The van der Waals surface area contributed by atoms with Crippen molar-refractivity contribution in [2.75, 3.05) is 45.9 Å². The predicted molar refractivity (Wildman–Crippen MR) is 243 cm³/mol. The molecule has 0 unspecified atom stereocenters. The standard InChI is InChI=1S/C27H31NO2.C26H28O2/c1-4-22(20-21-8-6-5-7-9-21)27(24-12-16-26(30-3)17-13-24)23-10-14-25(15-11-23)28-18-19-29-2;1-2-22(20-21-10-5-3-6-11-21)26(23-12-7-4-8-13-23)24-14-16-25(17-15-24)28-19-9-18-27/h5-17,28H,4,18-20H2,1-3H3;3-8,10-17,27H,2,9,18-20H2,1H3. The number of aliphatic hydroxyl groups is 1. The highest BCUT2D eigenvalue weighted by Crippen LogP contribution is 2.33. The van der Waals surface area contributed by atoms with E-state index in [1.165, 1.54) is 55.7 Å². The maximum absolute atomic E-state index is 8.91. The van der Waals surface area contributed by atoms with Crippen LogP contribution in [-0.4, -0.2) is 45.7 Å². The van der Waals surface area contributed by atoms with E-state index in [4.69, 9.17) is 19.3 Å². The molecule has 0 fully saturated rings. The summed E-state index contributed by atoms with van der Waals surface area (Å²) in [6.45, 7) is 6.64. The summed E-state index contributed by atoms with van der Waals surface area (Å²) in [5.74, 6) is 1.71. The largest absolute Gasteiger partial charge is 0.497 e. The molecule has 58 heavy (non-hydrogen) atoms. The van der Waals surface area contributed by atoms with E-state index < -0.39 is 0 Å². The van der Waals surface area contributed by atoms with Gasteiger partial charge in [-0.3, -0.25) is 0 Å². The molecule has 5 heteroatoms. The minimum Gasteiger partial charge on any atom is -0.497 e. The molecule has 0 heterocycles. The van der Waals surface area contributed by atoms with Crippen molar-refractivity contribution in [1.29, 1.82) is 0 Å². The second-order valence-corrected chi connectivity index (χ2v) is 14.0. The molecule has 300 valence electrons. The van der Waals surface area contributed by atoms with Gasteiger partial charge >= 0.3 is 0 Å². The van der Waals surface area contributed by atoms with E-state index in [2.05, 4.69) is 159 Å². The van der Waals surface area contributed by atoms with Gasteiger partial charge in [0.25, 0.3) is 0 Å². The first kappa shape index (κ1) is 43.2. The number of methoxy groups -OCH3 is 2. The Kier molecular flexibility index (Phi) is 17.9. The van der Waals surface area contributed by atoms with Gasteiger partial charge in [0, 0.05) is 32.4 Å². The third kappa shape index (κ3) is 13.1. The third-order valence-electron chi connectivity index (χ3n) is 10.0. The van der Waals surface area contributed by atoms with Crippen LogP contribution in [0.5, 0.6) is 11.5 Å². The van der Waals surface area contributed by atoms with Gasteiger partial charge in [-0.1, -0.05) is 152 Å². The molecule has 0 saturated carbocycles. The van der Waals surface area contributed by atoms with Gasteiger partial charge < -0.3 is 24.6 Å². The topological polar surface area (TPSA) is 60.0 Å². The third-order valence-corrected chi connectivity index (χ3v) is 10.0. The van der Waals surface area contributed by atoms with Crippen LogP contribution in [-0.2, 0) is 17.6 Å². The molecule has 0 bridgehead atoms. The molecular weight excluding hydrogens is 715 g/mol. The molecule has 6 aromatic carbocycles. The van der Waals surface area contributed by atoms with Crippen molar-refractivity contribution in [2.45, 2.75) is 46.0 Å². The fraction of sp³-hybridized carbons (Fsp3) is 0.245. The predicted octanol–water partition coefficient (Wildman–Crippen LogP) is 12.1. The zero-order valence-corrected chi connectivity index (χ0v) is 34.6. The van der Waals surface area contributed by atoms with E-state index in [0.29, 0.717) is 19.6 Å². The second kappa shape index (κ2) is 24.0. The molecule has 0 saturated heterocycles. The summed E-state index contributed by atoms with van der Waals surface area (Å²) in [5.41, 5.74) is 14.1. The van der Waals surface area contributed by atoms with E-state index in [1.807, 2.05) is 24.3 Å². The number of ether oxygens (including phenoxy) is 3. The lowest BCUT2D eigenvalue weighted by Gasteiger charge is -2.17. The summed E-state index contributed by atoms with van der Waals surface area (Å²) >= 11 is 0. The molecule has 0 atom stereocenters. The average Bonchev–Trinajstić information content (AvgIpc) is 3.28. The van der Waals surface area contributed by atoms with Gasteiger partial charge in [-0.2, -0.15) is 0 Å². The van der Waals surface area contributed by atoms with Crippen molar-refractivity contribution in [3.63, 3.8) is 0 Å². The summed E-state index contributed by atoms with van der Waals surface area (Å²) in [6, 6.07) is 57.3. The number of allylic oxidation sites excluding steroid dienone is 2. The SMILES string of the molecule is CCC(Cc1ccccc1)=C(c1ccc(NCCOC)cc1)c1ccc(OC)cc1.CCC(Cc1ccccc1)=C(c1ccccc1)c1ccc(OCCCO)cc1. The molecular formula is C53H59NO4. The van der Waals surface area contributed by atoms with Crippen molar-refractivity contribution < 1.29 is 19.3 Å². The van der Waals surface area contributed by atoms with Gasteiger partial charge in [0.1, 0.15) is 11.5 Å². The number of benzene rings is 6. The Bertz CT molecular complexity index is 2110. The molecule has 2 N–H and O–H groups in total. The van der Waals surface area contributed by atoms with Crippen molar-refractivity contribution in [2.24, 2.45) is 0 Å². The van der Waals surface area contributed by atoms with Gasteiger partial charge in [-0.15, -0.1) is 0 Å². The summed E-state index contributed by atoms with van der Waals surface area (Å²) in [4.78, 5) is 0. The van der Waals surface area contributed by atoms with E-state index in [1.54, 1.807) is 14.2 Å². The number of aliphatic hydroxyl groups excluding tert-OH is 1. The van der Waals surface area contributed by atoms with Crippen LogP contribution in [0.15, 0.2) is 175 Å². The lowest BCUT2D eigenvalue weighted by Crippen LogP contribution is -2.07. The molecule has 6 rings (SSSR count). The Morgan fingerprint density at radius 1 is 0.500 bits per heavy atom. The first-order valence-corrected chi connectivity index (χ1v) is 20.5. The Hall–Kier alpha value is -5.88. The Labute approximate surface area is 346 Å². The van der Waals surface area contributed by atoms with Gasteiger partial charge in [0.05, 0.1) is 20.3 Å². The van der Waals surface area contributed by atoms with Crippen LogP contribution in [0.25, 0.3) is 11.1 Å². The fourth-order valence-electron chi connectivity index (χ4n) is 7.00. The zero-order valence-electron chi connectivity index (χ0n) is 34.6. The summed E-state index contributed by atoms with van der Waals surface area (Å²) < 4.78 is 16.2. The van der Waals surface area contributed by atoms with Crippen LogP contribution < -0.4 is 14.8 Å². The van der Waals surface area contributed by atoms with E-state index in [-0.39, 0.29) is 6.61 Å². The Morgan fingerprint density at radius 2 is 0.931 bits per heavy atom. The molecule has 0 aliphatic rings. The smallest absolute Gasteiger partial charge is 0.119 e. The van der Waals surface area contributed by atoms with Crippen LogP contribution in [0.4, 0.5) is 5.69 Å². The van der Waals surface area contributed by atoms with Crippen LogP contribution in [0.1, 0.15) is 66.5 Å². The second-order valence-electron chi connectivity index (χ2n) is 14.0. The Balaban J connectivity index is 0.000000221. The lowest BCUT2D eigenvalue weighted by atomic mass is 9.88. The summed E-state index contributed by atoms with van der Waals surface area (Å²) in [7, 11) is 3.42. The van der Waals surface area contributed by atoms with Crippen molar-refractivity contribution >= 4 is 16.8 Å². The van der Waals surface area contributed by atoms with Crippen LogP contribution >= 0.6 is 0 Å². The van der Waals surface area contributed by atoms with Gasteiger partial charge in [-0.05, 0) is 107 Å². The minimum absolute atomic E-state index is 0.151. The highest BCUT2D eigenvalue weighted by molar-refractivity contribution is 5.84. The van der Waals surface area contributed by atoms with Crippen LogP contribution in [0.3, 0.4) is 0 Å². The molecule has 0 radical (unpaired) electrons. The maximum Gasteiger partial charge on any atom is 0.119 e. The van der Waals surface area contributed by atoms with E-state index in [0.717, 1.165) is 49.4 Å². The van der Waals surface area contributed by atoms with E-state index >= 15 is 0 Å². The molecule has 5 nitrogen and oxygen atoms in total. The molecule has 0 spiro atoms. The summed E-state index contributed by atoms with van der Waals surface area (Å²) in [6.07, 6.45) is 4.51. The first-order chi connectivity index (χ1) is 28.6. The highest BCUT2D eigenvalue weighted by Gasteiger charge is 2.14. The number of hydrogen-bond donors (Lipinski definition) is 2. The quantitative estimate of drug-likeness (QED) is 0.0803. The lowest BCUT2D eigenvalue weighted by molar-refractivity contribution is 0.211. The summed E-state index contributed by atoms with van der Waals surface area (Å²) in [5, 5.41) is 12.3.